The molecule has 0 aliphatic heterocycles. The third kappa shape index (κ3) is 2.08. The molecule has 0 aromatic carbocycles. The summed E-state index contributed by atoms with van der Waals surface area (Å²) in [5, 5.41) is 0.485. The van der Waals surface area contributed by atoms with Crippen LogP contribution in [-0.4, -0.2) is 15.7 Å². The van der Waals surface area contributed by atoms with Crippen LogP contribution in [0.2, 0.25) is 5.21 Å². The quantitative estimate of drug-likeness (QED) is 0.655. The van der Waals surface area contributed by atoms with Gasteiger partial charge in [-0.2, -0.15) is 0 Å². The van der Waals surface area contributed by atoms with Crippen LogP contribution in [0.25, 0.3) is 0 Å². The van der Waals surface area contributed by atoms with Crippen molar-refractivity contribution < 1.29 is 0 Å². The maximum atomic E-state index is 2.52. The van der Waals surface area contributed by atoms with E-state index in [1.165, 1.54) is 6.42 Å². The van der Waals surface area contributed by atoms with Gasteiger partial charge in [0.05, 0.1) is 15.7 Å². The molecule has 4 aliphatic rings. The minimum absolute atomic E-state index is 0.441. The van der Waals surface area contributed by atoms with Gasteiger partial charge < -0.3 is 0 Å². The van der Waals surface area contributed by atoms with Crippen LogP contribution in [0.3, 0.4) is 0 Å². The summed E-state index contributed by atoms with van der Waals surface area (Å²) in [4.78, 5) is 0. The lowest BCUT2D eigenvalue weighted by Crippen LogP contribution is -2.49. The molecule has 0 amide bonds. The van der Waals surface area contributed by atoms with Gasteiger partial charge in [0, 0.05) is 0 Å². The molecular formula is C16H30B2. The normalized spacial score (nSPS) is 43.4. The van der Waals surface area contributed by atoms with E-state index in [2.05, 4.69) is 36.5 Å². The van der Waals surface area contributed by atoms with Gasteiger partial charge in [-0.15, -0.1) is 0 Å². The summed E-state index contributed by atoms with van der Waals surface area (Å²) in [6.07, 6.45) is 10.9. The van der Waals surface area contributed by atoms with Crippen molar-refractivity contribution in [2.75, 3.05) is 0 Å². The van der Waals surface area contributed by atoms with Crippen LogP contribution in [-0.2, 0) is 0 Å². The Hall–Kier alpha value is 0.130. The Bertz CT molecular complexity index is 302. The minimum atomic E-state index is 0.441. The highest BCUT2D eigenvalue weighted by atomic mass is 14.6. The zero-order valence-electron chi connectivity index (χ0n) is 13.2. The topological polar surface area (TPSA) is 0 Å². The maximum absolute atomic E-state index is 2.52. The van der Waals surface area contributed by atoms with E-state index >= 15 is 0 Å². The van der Waals surface area contributed by atoms with E-state index in [4.69, 9.17) is 0 Å². The van der Waals surface area contributed by atoms with Crippen LogP contribution in [0.4, 0.5) is 0 Å². The van der Waals surface area contributed by atoms with Gasteiger partial charge in [0.25, 0.3) is 0 Å². The van der Waals surface area contributed by atoms with Crippen LogP contribution < -0.4 is 0 Å². The molecule has 0 aromatic heterocycles. The molecule has 0 aromatic rings. The van der Waals surface area contributed by atoms with Gasteiger partial charge in [0.1, 0.15) is 0 Å². The summed E-state index contributed by atoms with van der Waals surface area (Å²) in [7, 11) is 5.04. The Morgan fingerprint density at radius 1 is 0.889 bits per heavy atom. The molecule has 100 valence electrons. The Morgan fingerprint density at radius 3 is 1.61 bits per heavy atom. The molecule has 0 spiro atoms. The van der Waals surface area contributed by atoms with Crippen molar-refractivity contribution in [2.24, 2.45) is 28.6 Å². The zero-order valence-corrected chi connectivity index (χ0v) is 13.2. The summed E-state index contributed by atoms with van der Waals surface area (Å²) >= 11 is 0. The first-order valence-corrected chi connectivity index (χ1v) is 8.19. The molecule has 4 fully saturated rings. The number of hydrogen-bond acceptors (Lipinski definition) is 0. The van der Waals surface area contributed by atoms with E-state index in [1.807, 2.05) is 0 Å². The van der Waals surface area contributed by atoms with Gasteiger partial charge >= 0.3 is 0 Å². The Labute approximate surface area is 115 Å². The highest BCUT2D eigenvalue weighted by Gasteiger charge is 2.53. The summed E-state index contributed by atoms with van der Waals surface area (Å²) in [6, 6.07) is 0. The third-order valence-electron chi connectivity index (χ3n) is 7.01. The van der Waals surface area contributed by atoms with Crippen molar-refractivity contribution in [3.05, 3.63) is 0 Å². The molecule has 4 bridgehead atoms. The van der Waals surface area contributed by atoms with Crippen molar-refractivity contribution in [3.8, 4) is 0 Å². The predicted molar refractivity (Wildman–Crippen MR) is 84.5 cm³/mol. The van der Waals surface area contributed by atoms with Crippen molar-refractivity contribution in [1.29, 1.82) is 0 Å². The van der Waals surface area contributed by atoms with Crippen molar-refractivity contribution in [3.63, 3.8) is 0 Å². The molecule has 4 rings (SSSR count). The van der Waals surface area contributed by atoms with Crippen LogP contribution >= 0.6 is 0 Å². The van der Waals surface area contributed by atoms with Gasteiger partial charge in [0.2, 0.25) is 0 Å². The first kappa shape index (κ1) is 13.1. The second kappa shape index (κ2) is 3.83. The molecule has 0 atom stereocenters. The third-order valence-corrected chi connectivity index (χ3v) is 7.01. The van der Waals surface area contributed by atoms with Gasteiger partial charge in [-0.25, -0.2) is 0 Å². The molecule has 0 saturated heterocycles. The fourth-order valence-corrected chi connectivity index (χ4v) is 5.71. The van der Waals surface area contributed by atoms with E-state index in [1.54, 1.807) is 38.5 Å². The van der Waals surface area contributed by atoms with Crippen LogP contribution in [0.5, 0.6) is 0 Å². The molecule has 0 radical (unpaired) electrons. The van der Waals surface area contributed by atoms with Gasteiger partial charge in [-0.1, -0.05) is 32.4 Å². The summed E-state index contributed by atoms with van der Waals surface area (Å²) < 4.78 is 0. The smallest absolute Gasteiger partial charge is 0.0793 e. The molecule has 4 aliphatic carbocycles. The lowest BCUT2D eigenvalue weighted by Gasteiger charge is -2.60. The predicted octanol–water partition coefficient (Wildman–Crippen LogP) is 3.02. The van der Waals surface area contributed by atoms with Crippen molar-refractivity contribution >= 4 is 15.7 Å². The van der Waals surface area contributed by atoms with Crippen molar-refractivity contribution in [2.45, 2.75) is 70.9 Å². The molecule has 4 saturated carbocycles. The highest BCUT2D eigenvalue weighted by molar-refractivity contribution is 6.40. The molecule has 0 N–H and O–H groups in total. The van der Waals surface area contributed by atoms with Crippen LogP contribution in [0, 0.1) is 28.6 Å². The first-order valence-electron chi connectivity index (χ1n) is 8.19. The minimum Gasteiger partial charge on any atom is -0.0793 e. The molecule has 0 heterocycles. The van der Waals surface area contributed by atoms with Gasteiger partial charge in [-0.3, -0.25) is 0 Å². The van der Waals surface area contributed by atoms with Gasteiger partial charge in [0.15, 0.2) is 0 Å². The Balaban J connectivity index is 1.80. The highest BCUT2D eigenvalue weighted by Crippen LogP contribution is 2.64. The second-order valence-corrected chi connectivity index (χ2v) is 9.73. The van der Waals surface area contributed by atoms with Crippen molar-refractivity contribution in [1.82, 2.24) is 0 Å². The maximum Gasteiger partial charge on any atom is 0.0999 e. The zero-order chi connectivity index (χ0) is 13.2. The Kier molecular flexibility index (Phi) is 2.79. The van der Waals surface area contributed by atoms with Gasteiger partial charge in [-0.05, 0) is 67.1 Å². The summed E-state index contributed by atoms with van der Waals surface area (Å²) in [5.41, 5.74) is 1.18. The monoisotopic (exact) mass is 244 g/mol. The molecular weight excluding hydrogens is 214 g/mol. The molecule has 0 nitrogen and oxygen atoms in total. The van der Waals surface area contributed by atoms with Crippen LogP contribution in [0.1, 0.15) is 65.7 Å². The number of rotatable bonds is 2. The molecule has 18 heavy (non-hydrogen) atoms. The van der Waals surface area contributed by atoms with E-state index in [0.29, 0.717) is 10.6 Å². The van der Waals surface area contributed by atoms with E-state index < -0.39 is 0 Å². The first-order chi connectivity index (χ1) is 8.19. The lowest BCUT2D eigenvalue weighted by atomic mass is 9.36. The standard InChI is InChI=1S/C16H30B2/c1-14(2,3)16(17,18)10-15-7-11-4-12(8-15)6-13(5-11)9-15/h11-13H,4-10,17-18H2,1-3H3. The van der Waals surface area contributed by atoms with E-state index in [0.717, 1.165) is 23.2 Å². The summed E-state index contributed by atoms with van der Waals surface area (Å²) in [5.74, 6) is 3.31. The fraction of sp³-hybridized carbons (Fsp3) is 1.00. The average Bonchev–Trinajstić information content (AvgIpc) is 2.10. The second-order valence-electron chi connectivity index (χ2n) is 9.73. The van der Waals surface area contributed by atoms with E-state index in [9.17, 15) is 0 Å². The largest absolute Gasteiger partial charge is 0.0999 e. The molecule has 2 heteroatoms. The van der Waals surface area contributed by atoms with E-state index in [-0.39, 0.29) is 0 Å². The Morgan fingerprint density at radius 2 is 1.28 bits per heavy atom. The average molecular weight is 244 g/mol. The lowest BCUT2D eigenvalue weighted by molar-refractivity contribution is -0.0642. The SMILES string of the molecule is BC(B)(CC12CC3CC(CC(C3)C1)C2)C(C)(C)C. The molecule has 0 unspecified atom stereocenters. The fourth-order valence-electron chi connectivity index (χ4n) is 5.71. The number of hydrogen-bond donors (Lipinski definition) is 0. The van der Waals surface area contributed by atoms with Crippen LogP contribution in [0.15, 0.2) is 0 Å². The summed E-state index contributed by atoms with van der Waals surface area (Å²) in [6.45, 7) is 7.31.